The molecule has 2 aromatic heterocycles. The number of carbonyl (C=O) groups excluding carboxylic acids is 1. The summed E-state index contributed by atoms with van der Waals surface area (Å²) in [6, 6.07) is 1.69. The summed E-state index contributed by atoms with van der Waals surface area (Å²) in [7, 11) is 1.76. The maximum atomic E-state index is 12.4. The Morgan fingerprint density at radius 3 is 2.76 bits per heavy atom. The highest BCUT2D eigenvalue weighted by molar-refractivity contribution is 7.99. The molecule has 0 saturated heterocycles. The Morgan fingerprint density at radius 2 is 2.12 bits per heavy atom. The van der Waals surface area contributed by atoms with Crippen LogP contribution in [0.4, 0.5) is 0 Å². The van der Waals surface area contributed by atoms with E-state index in [-0.39, 0.29) is 17.9 Å². The van der Waals surface area contributed by atoms with Gasteiger partial charge in [-0.3, -0.25) is 9.59 Å². The fourth-order valence-corrected chi connectivity index (χ4v) is 3.50. The number of nitrogens with one attached hydrogen (secondary N) is 1. The van der Waals surface area contributed by atoms with Gasteiger partial charge in [-0.25, -0.2) is 15.0 Å². The molecule has 1 aliphatic heterocycles. The van der Waals surface area contributed by atoms with E-state index in [2.05, 4.69) is 26.0 Å². The summed E-state index contributed by atoms with van der Waals surface area (Å²) in [5, 5.41) is 0. The molecule has 0 aromatic carbocycles. The monoisotopic (exact) mass is 357 g/mol. The molecule has 1 aliphatic rings. The van der Waals surface area contributed by atoms with E-state index < -0.39 is 0 Å². The van der Waals surface area contributed by atoms with Crippen LogP contribution in [0, 0.1) is 6.92 Å². The van der Waals surface area contributed by atoms with Crippen LogP contribution in [0.15, 0.2) is 34.9 Å². The van der Waals surface area contributed by atoms with E-state index in [0.29, 0.717) is 29.5 Å². The van der Waals surface area contributed by atoms with Crippen LogP contribution in [-0.2, 0) is 11.2 Å². The van der Waals surface area contributed by atoms with Gasteiger partial charge in [0.2, 0.25) is 5.91 Å². The first kappa shape index (κ1) is 17.3. The van der Waals surface area contributed by atoms with E-state index in [4.69, 9.17) is 0 Å². The number of aryl methyl sites for hydroxylation is 1. The summed E-state index contributed by atoms with van der Waals surface area (Å²) in [5.74, 6) is 2.52. The molecule has 8 heteroatoms. The van der Waals surface area contributed by atoms with Crippen LogP contribution in [0.25, 0.3) is 11.6 Å². The van der Waals surface area contributed by atoms with Crippen LogP contribution in [0.2, 0.25) is 0 Å². The lowest BCUT2D eigenvalue weighted by molar-refractivity contribution is -0.128. The van der Waals surface area contributed by atoms with Crippen molar-refractivity contribution in [3.8, 4) is 11.6 Å². The first-order chi connectivity index (χ1) is 12.0. The zero-order chi connectivity index (χ0) is 17.8. The molecule has 3 heterocycles. The van der Waals surface area contributed by atoms with Crippen LogP contribution in [0.1, 0.15) is 11.3 Å². The minimum absolute atomic E-state index is 0.0288. The van der Waals surface area contributed by atoms with Gasteiger partial charge in [0.25, 0.3) is 5.56 Å². The van der Waals surface area contributed by atoms with Gasteiger partial charge < -0.3 is 9.88 Å². The van der Waals surface area contributed by atoms with Gasteiger partial charge in [-0.1, -0.05) is 6.08 Å². The van der Waals surface area contributed by atoms with Crippen LogP contribution in [-0.4, -0.2) is 55.8 Å². The van der Waals surface area contributed by atoms with Crippen molar-refractivity contribution >= 4 is 17.7 Å². The minimum atomic E-state index is -0.327. The Morgan fingerprint density at radius 1 is 1.36 bits per heavy atom. The molecule has 0 unspecified atom stereocenters. The van der Waals surface area contributed by atoms with Gasteiger partial charge in [-0.05, 0) is 18.6 Å². The Hall–Kier alpha value is -2.48. The SMILES string of the molecule is Cc1nc(-c2ncccn2)[nH]c(=O)c1CC(=O)N(C)CC1=CCSC1. The molecular formula is C17H19N5O2S. The summed E-state index contributed by atoms with van der Waals surface area (Å²) in [6.45, 7) is 2.33. The molecule has 0 saturated carbocycles. The average molecular weight is 357 g/mol. The number of H-pyrrole nitrogens is 1. The molecule has 0 fully saturated rings. The summed E-state index contributed by atoms with van der Waals surface area (Å²) in [6.07, 6.45) is 5.35. The molecule has 1 N–H and O–H groups in total. The van der Waals surface area contributed by atoms with E-state index in [0.717, 1.165) is 11.5 Å². The molecule has 0 atom stereocenters. The third-order valence-electron chi connectivity index (χ3n) is 3.97. The van der Waals surface area contributed by atoms with Crippen molar-refractivity contribution in [2.75, 3.05) is 25.1 Å². The molecule has 2 aromatic rings. The smallest absolute Gasteiger partial charge is 0.255 e. The average Bonchev–Trinajstić information content (AvgIpc) is 3.11. The molecule has 0 radical (unpaired) electrons. The van der Waals surface area contributed by atoms with Gasteiger partial charge in [-0.2, -0.15) is 11.8 Å². The van der Waals surface area contributed by atoms with Crippen molar-refractivity contribution in [1.29, 1.82) is 0 Å². The van der Waals surface area contributed by atoms with Gasteiger partial charge >= 0.3 is 0 Å². The molecule has 3 rings (SSSR count). The number of rotatable bonds is 5. The van der Waals surface area contributed by atoms with Gasteiger partial charge in [0.05, 0.1) is 6.42 Å². The molecule has 0 bridgehead atoms. The quantitative estimate of drug-likeness (QED) is 0.809. The number of carbonyl (C=O) groups is 1. The van der Waals surface area contributed by atoms with Crippen LogP contribution < -0.4 is 5.56 Å². The lowest BCUT2D eigenvalue weighted by Crippen LogP contribution is -2.32. The Balaban J connectivity index is 1.76. The molecular weight excluding hydrogens is 338 g/mol. The highest BCUT2D eigenvalue weighted by atomic mass is 32.2. The zero-order valence-electron chi connectivity index (χ0n) is 14.2. The van der Waals surface area contributed by atoms with Crippen LogP contribution in [0.3, 0.4) is 0 Å². The lowest BCUT2D eigenvalue weighted by atomic mass is 10.1. The fourth-order valence-electron chi connectivity index (χ4n) is 2.56. The number of aromatic amines is 1. The Kier molecular flexibility index (Phi) is 5.28. The van der Waals surface area contributed by atoms with Crippen LogP contribution in [0.5, 0.6) is 0 Å². The van der Waals surface area contributed by atoms with Gasteiger partial charge in [0.15, 0.2) is 11.6 Å². The fraction of sp³-hybridized carbons (Fsp3) is 0.353. The predicted octanol–water partition coefficient (Wildman–Crippen LogP) is 1.21. The zero-order valence-corrected chi connectivity index (χ0v) is 15.0. The maximum absolute atomic E-state index is 12.4. The second-order valence-corrected chi connectivity index (χ2v) is 6.89. The maximum Gasteiger partial charge on any atom is 0.255 e. The topological polar surface area (TPSA) is 91.8 Å². The second-order valence-electron chi connectivity index (χ2n) is 5.85. The highest BCUT2D eigenvalue weighted by Crippen LogP contribution is 2.17. The predicted molar refractivity (Wildman–Crippen MR) is 97.4 cm³/mol. The summed E-state index contributed by atoms with van der Waals surface area (Å²) in [4.78, 5) is 41.7. The highest BCUT2D eigenvalue weighted by Gasteiger charge is 2.18. The number of thioether (sulfide) groups is 1. The Bertz CT molecular complexity index is 863. The van der Waals surface area contributed by atoms with Gasteiger partial charge in [-0.15, -0.1) is 0 Å². The number of amides is 1. The lowest BCUT2D eigenvalue weighted by Gasteiger charge is -2.18. The molecule has 7 nitrogen and oxygen atoms in total. The third kappa shape index (κ3) is 4.14. The largest absolute Gasteiger partial charge is 0.341 e. The van der Waals surface area contributed by atoms with Gasteiger partial charge in [0.1, 0.15) is 0 Å². The second kappa shape index (κ2) is 7.60. The molecule has 1 amide bonds. The van der Waals surface area contributed by atoms with E-state index in [1.54, 1.807) is 37.3 Å². The normalized spacial score (nSPS) is 13.6. The first-order valence-corrected chi connectivity index (χ1v) is 9.07. The molecule has 0 spiro atoms. The van der Waals surface area contributed by atoms with Crippen molar-refractivity contribution in [3.05, 3.63) is 51.7 Å². The van der Waals surface area contributed by atoms with Crippen molar-refractivity contribution in [2.24, 2.45) is 0 Å². The number of likely N-dealkylation sites (N-methyl/N-ethyl adjacent to an activating group) is 1. The minimum Gasteiger partial charge on any atom is -0.341 e. The van der Waals surface area contributed by atoms with E-state index in [1.807, 2.05) is 11.8 Å². The Labute approximate surface area is 149 Å². The molecule has 0 aliphatic carbocycles. The van der Waals surface area contributed by atoms with E-state index >= 15 is 0 Å². The summed E-state index contributed by atoms with van der Waals surface area (Å²) in [5.41, 5.74) is 1.82. The van der Waals surface area contributed by atoms with E-state index in [1.165, 1.54) is 5.57 Å². The van der Waals surface area contributed by atoms with Crippen molar-refractivity contribution in [1.82, 2.24) is 24.8 Å². The molecule has 130 valence electrons. The number of hydrogen-bond donors (Lipinski definition) is 1. The van der Waals surface area contributed by atoms with Gasteiger partial charge in [0, 0.05) is 48.7 Å². The van der Waals surface area contributed by atoms with Crippen molar-refractivity contribution < 1.29 is 4.79 Å². The standard InChI is InChI=1S/C17H19N5O2S/c1-11-13(8-14(23)22(2)9-12-4-7-25-10-12)17(24)21-16(20-11)15-18-5-3-6-19-15/h3-6H,7-10H2,1-2H3,(H,20,21,24). The van der Waals surface area contributed by atoms with Crippen molar-refractivity contribution in [2.45, 2.75) is 13.3 Å². The van der Waals surface area contributed by atoms with Crippen LogP contribution >= 0.6 is 11.8 Å². The number of hydrogen-bond acceptors (Lipinski definition) is 6. The van der Waals surface area contributed by atoms with Crippen molar-refractivity contribution in [3.63, 3.8) is 0 Å². The van der Waals surface area contributed by atoms with E-state index in [9.17, 15) is 9.59 Å². The molecule has 25 heavy (non-hydrogen) atoms. The first-order valence-electron chi connectivity index (χ1n) is 7.91. The third-order valence-corrected chi connectivity index (χ3v) is 4.95. The number of aromatic nitrogens is 4. The number of nitrogens with zero attached hydrogens (tertiary/aromatic N) is 4. The summed E-state index contributed by atoms with van der Waals surface area (Å²) >= 11 is 1.84. The summed E-state index contributed by atoms with van der Waals surface area (Å²) < 4.78 is 0.